The zero-order valence-corrected chi connectivity index (χ0v) is 27.5. The van der Waals surface area contributed by atoms with Crippen LogP contribution >= 0.6 is 0 Å². The number of rotatable bonds is 16. The Morgan fingerprint density at radius 1 is 1.02 bits per heavy atom. The molecule has 1 heterocycles. The van der Waals surface area contributed by atoms with Gasteiger partial charge in [0.05, 0.1) is 30.3 Å². The molecular weight excluding hydrogens is 550 g/mol. The van der Waals surface area contributed by atoms with Crippen molar-refractivity contribution in [3.05, 3.63) is 48.1 Å². The van der Waals surface area contributed by atoms with Gasteiger partial charge in [0.1, 0.15) is 12.2 Å². The normalized spacial score (nSPS) is 28.2. The van der Waals surface area contributed by atoms with Gasteiger partial charge >= 0.3 is 12.1 Å². The minimum Gasteiger partial charge on any atom is -0.462 e. The second kappa shape index (κ2) is 17.7. The van der Waals surface area contributed by atoms with E-state index in [-0.39, 0.29) is 41.9 Å². The molecule has 13 atom stereocenters. The Labute approximate surface area is 258 Å². The number of carbonyl (C=O) groups excluding carboxylic acids is 2. The van der Waals surface area contributed by atoms with Gasteiger partial charge in [-0.05, 0) is 38.7 Å². The fourth-order valence-electron chi connectivity index (χ4n) is 6.10. The molecule has 0 aromatic carbocycles. The number of carbonyl (C=O) groups is 2. The van der Waals surface area contributed by atoms with Gasteiger partial charge in [-0.15, -0.1) is 0 Å². The van der Waals surface area contributed by atoms with Crippen LogP contribution in [0.25, 0.3) is 0 Å². The highest BCUT2D eigenvalue weighted by atomic mass is 16.6. The van der Waals surface area contributed by atoms with Crippen molar-refractivity contribution >= 4 is 12.1 Å². The third-order valence-corrected chi connectivity index (χ3v) is 9.01. The first-order chi connectivity index (χ1) is 19.9. The monoisotopic (exact) mass is 607 g/mol. The molecule has 0 bridgehead atoms. The molecule has 1 amide bonds. The van der Waals surface area contributed by atoms with Crippen LogP contribution in [0, 0.1) is 41.4 Å². The van der Waals surface area contributed by atoms with E-state index in [0.29, 0.717) is 12.0 Å². The van der Waals surface area contributed by atoms with Crippen molar-refractivity contribution in [3.8, 4) is 0 Å². The summed E-state index contributed by atoms with van der Waals surface area (Å²) in [5, 5.41) is 43.3. The van der Waals surface area contributed by atoms with Gasteiger partial charge in [0, 0.05) is 36.0 Å². The van der Waals surface area contributed by atoms with Crippen molar-refractivity contribution in [2.24, 2.45) is 47.2 Å². The number of nitrogens with two attached hydrogens (primary N) is 1. The maximum atomic E-state index is 12.1. The minimum atomic E-state index is -0.888. The lowest BCUT2D eigenvalue weighted by Crippen LogP contribution is -2.47. The van der Waals surface area contributed by atoms with Gasteiger partial charge in [0.15, 0.2) is 0 Å². The Bertz CT molecular complexity index is 1010. The van der Waals surface area contributed by atoms with Gasteiger partial charge in [-0.25, -0.2) is 4.79 Å². The van der Waals surface area contributed by atoms with Gasteiger partial charge in [-0.2, -0.15) is 0 Å². The standard InChI is InChI=1S/C34H57NO8/c1-11-12-13-19(3)32(43-34(35)41)25(9)30(38)22(6)15-18(2)14-21(5)29(37)23(7)16-20(4)27(36)17-28-24(8)31(39)26(10)33(40)42-28/h11-14,16,19,21-32,36-39H,1,15,17H2,2-10H3,(H2,35,41)/t19-,21-,22-,23-,24-,25-,26+,27-,28-,29+,30+,31-,32-/m0/s1. The summed E-state index contributed by atoms with van der Waals surface area (Å²) in [6.07, 6.45) is 4.54. The summed E-state index contributed by atoms with van der Waals surface area (Å²) in [4.78, 5) is 23.6. The smallest absolute Gasteiger partial charge is 0.404 e. The van der Waals surface area contributed by atoms with Gasteiger partial charge < -0.3 is 35.6 Å². The Balaban J connectivity index is 2.84. The average molecular weight is 608 g/mol. The molecule has 1 saturated heterocycles. The van der Waals surface area contributed by atoms with E-state index < -0.39 is 54.6 Å². The van der Waals surface area contributed by atoms with Gasteiger partial charge in [-0.1, -0.05) is 84.1 Å². The van der Waals surface area contributed by atoms with Crippen LogP contribution < -0.4 is 5.73 Å². The number of esters is 1. The largest absolute Gasteiger partial charge is 0.462 e. The predicted molar refractivity (Wildman–Crippen MR) is 169 cm³/mol. The zero-order chi connectivity index (χ0) is 33.2. The highest BCUT2D eigenvalue weighted by Crippen LogP contribution is 2.31. The van der Waals surface area contributed by atoms with E-state index in [2.05, 4.69) is 6.58 Å². The Hall–Kier alpha value is -2.46. The van der Waals surface area contributed by atoms with Crippen LogP contribution in [-0.2, 0) is 14.3 Å². The number of hydrogen-bond donors (Lipinski definition) is 5. The Morgan fingerprint density at radius 2 is 1.60 bits per heavy atom. The molecule has 1 aliphatic rings. The third-order valence-electron chi connectivity index (χ3n) is 9.01. The number of ether oxygens (including phenoxy) is 2. The first-order valence-corrected chi connectivity index (χ1v) is 15.5. The van der Waals surface area contributed by atoms with Crippen LogP contribution in [0.4, 0.5) is 4.79 Å². The Morgan fingerprint density at radius 3 is 2.16 bits per heavy atom. The molecule has 0 aliphatic carbocycles. The van der Waals surface area contributed by atoms with Crippen molar-refractivity contribution in [1.82, 2.24) is 0 Å². The maximum absolute atomic E-state index is 12.1. The van der Waals surface area contributed by atoms with Crippen molar-refractivity contribution in [2.45, 2.75) is 112 Å². The fourth-order valence-corrected chi connectivity index (χ4v) is 6.10. The molecule has 6 N–H and O–H groups in total. The molecule has 9 heteroatoms. The molecule has 1 rings (SSSR count). The fraction of sp³-hybridized carbons (Fsp3) is 0.706. The number of primary amides is 1. The molecular formula is C34H57NO8. The lowest BCUT2D eigenvalue weighted by Gasteiger charge is -2.37. The minimum absolute atomic E-state index is 0.155. The number of hydrogen-bond acceptors (Lipinski definition) is 8. The lowest BCUT2D eigenvalue weighted by molar-refractivity contribution is -0.179. The van der Waals surface area contributed by atoms with Crippen LogP contribution in [0.1, 0.15) is 75.2 Å². The third kappa shape index (κ3) is 11.5. The summed E-state index contributed by atoms with van der Waals surface area (Å²) >= 11 is 0. The number of allylic oxidation sites excluding steroid dienone is 3. The Kier molecular flexibility index (Phi) is 15.9. The second-order valence-electron chi connectivity index (χ2n) is 12.9. The number of aliphatic hydroxyl groups excluding tert-OH is 4. The van der Waals surface area contributed by atoms with Crippen molar-refractivity contribution in [3.63, 3.8) is 0 Å². The first kappa shape index (κ1) is 38.6. The van der Waals surface area contributed by atoms with E-state index in [0.717, 1.165) is 5.57 Å². The predicted octanol–water partition coefficient (Wildman–Crippen LogP) is 4.69. The molecule has 0 saturated carbocycles. The van der Waals surface area contributed by atoms with E-state index in [1.54, 1.807) is 26.0 Å². The van der Waals surface area contributed by atoms with Crippen molar-refractivity contribution in [1.29, 1.82) is 0 Å². The van der Waals surface area contributed by atoms with Crippen LogP contribution in [0.2, 0.25) is 0 Å². The molecule has 9 nitrogen and oxygen atoms in total. The number of cyclic esters (lactones) is 1. The summed E-state index contributed by atoms with van der Waals surface area (Å²) in [6, 6.07) is 0. The SMILES string of the molecule is C=CC=C[C@H](C)[C@H](OC(N)=O)[C@@H](C)[C@H](O)[C@@H](C)CC(C)=C[C@H](C)[C@@H](O)[C@@H](C)C=C(C)[C@@H](O)C[C@@H]1OC(=O)[C@H](C)[C@@H](O)[C@H]1C. The summed E-state index contributed by atoms with van der Waals surface area (Å²) in [5.74, 6) is -2.55. The quantitative estimate of drug-likeness (QED) is 0.0960. The van der Waals surface area contributed by atoms with Gasteiger partial charge in [-0.3, -0.25) is 4.79 Å². The maximum Gasteiger partial charge on any atom is 0.404 e. The summed E-state index contributed by atoms with van der Waals surface area (Å²) in [5.41, 5.74) is 6.97. The molecule has 43 heavy (non-hydrogen) atoms. The summed E-state index contributed by atoms with van der Waals surface area (Å²) in [6.45, 7) is 20.3. The average Bonchev–Trinajstić information content (AvgIpc) is 2.94. The van der Waals surface area contributed by atoms with Crippen LogP contribution in [0.15, 0.2) is 48.1 Å². The highest BCUT2D eigenvalue weighted by molar-refractivity contribution is 5.73. The van der Waals surface area contributed by atoms with E-state index >= 15 is 0 Å². The van der Waals surface area contributed by atoms with Gasteiger partial charge in [0.2, 0.25) is 0 Å². The molecule has 0 radical (unpaired) electrons. The molecule has 1 aliphatic heterocycles. The first-order valence-electron chi connectivity index (χ1n) is 15.5. The number of aliphatic hydroxyl groups is 4. The summed E-state index contributed by atoms with van der Waals surface area (Å²) < 4.78 is 10.8. The van der Waals surface area contributed by atoms with Crippen molar-refractivity contribution in [2.75, 3.05) is 0 Å². The molecule has 246 valence electrons. The topological polar surface area (TPSA) is 160 Å². The highest BCUT2D eigenvalue weighted by Gasteiger charge is 2.41. The van der Waals surface area contributed by atoms with Crippen LogP contribution in [-0.4, -0.2) is 69.1 Å². The molecule has 0 spiro atoms. The molecule has 1 fully saturated rings. The van der Waals surface area contributed by atoms with Gasteiger partial charge in [0.25, 0.3) is 0 Å². The van der Waals surface area contributed by atoms with E-state index in [1.807, 2.05) is 66.7 Å². The molecule has 0 aromatic rings. The van der Waals surface area contributed by atoms with Crippen LogP contribution in [0.5, 0.6) is 0 Å². The zero-order valence-electron chi connectivity index (χ0n) is 27.5. The van der Waals surface area contributed by atoms with E-state index in [9.17, 15) is 30.0 Å². The molecule has 0 aromatic heterocycles. The van der Waals surface area contributed by atoms with Crippen molar-refractivity contribution < 1.29 is 39.5 Å². The summed E-state index contributed by atoms with van der Waals surface area (Å²) in [7, 11) is 0. The van der Waals surface area contributed by atoms with Crippen LogP contribution in [0.3, 0.4) is 0 Å². The van der Waals surface area contributed by atoms with E-state index in [4.69, 9.17) is 15.2 Å². The number of amides is 1. The lowest BCUT2D eigenvalue weighted by atomic mass is 9.81. The second-order valence-corrected chi connectivity index (χ2v) is 12.9. The molecule has 0 unspecified atom stereocenters. The van der Waals surface area contributed by atoms with E-state index in [1.165, 1.54) is 0 Å².